The van der Waals surface area contributed by atoms with E-state index >= 15 is 0 Å². The SMILES string of the molecule is C=C1CC[C@@H]2[C@](C)(CO)[C@H](O)CC[C@@]2(C)[C@@H]1C/C=C(/C(=O)O)[C@@H](O)CO. The maximum Gasteiger partial charge on any atom is 0.333 e. The molecule has 0 aliphatic heterocycles. The summed E-state index contributed by atoms with van der Waals surface area (Å²) in [6.07, 6.45) is 2.90. The number of hydrogen-bond donors (Lipinski definition) is 5. The van der Waals surface area contributed by atoms with Crippen LogP contribution in [-0.2, 0) is 4.79 Å². The van der Waals surface area contributed by atoms with Crippen LogP contribution < -0.4 is 0 Å². The van der Waals surface area contributed by atoms with Crippen molar-refractivity contribution in [2.45, 2.75) is 58.2 Å². The van der Waals surface area contributed by atoms with Crippen molar-refractivity contribution in [2.75, 3.05) is 13.2 Å². The van der Waals surface area contributed by atoms with Crippen LogP contribution >= 0.6 is 0 Å². The third kappa shape index (κ3) is 3.48. The Bertz CT molecular complexity index is 585. The number of carbonyl (C=O) groups is 1. The van der Waals surface area contributed by atoms with Crippen LogP contribution in [0.2, 0.25) is 0 Å². The third-order valence-electron chi connectivity index (χ3n) is 7.05. The third-order valence-corrected chi connectivity index (χ3v) is 7.05. The second-order valence-corrected chi connectivity index (χ2v) is 8.43. The first kappa shape index (κ1) is 21.1. The molecule has 2 saturated carbocycles. The van der Waals surface area contributed by atoms with Crippen LogP contribution in [0, 0.1) is 22.7 Å². The summed E-state index contributed by atoms with van der Waals surface area (Å²) in [7, 11) is 0. The number of carboxylic acids is 1. The fourth-order valence-corrected chi connectivity index (χ4v) is 5.34. The molecule has 0 radical (unpaired) electrons. The van der Waals surface area contributed by atoms with Crippen molar-refractivity contribution in [3.05, 3.63) is 23.8 Å². The Morgan fingerprint density at radius 1 is 1.35 bits per heavy atom. The molecule has 6 nitrogen and oxygen atoms in total. The second kappa shape index (κ2) is 7.80. The van der Waals surface area contributed by atoms with E-state index in [4.69, 9.17) is 5.11 Å². The van der Waals surface area contributed by atoms with E-state index in [-0.39, 0.29) is 29.4 Å². The predicted octanol–water partition coefficient (Wildman–Crippen LogP) is 1.48. The van der Waals surface area contributed by atoms with Gasteiger partial charge in [-0.05, 0) is 49.4 Å². The van der Waals surface area contributed by atoms with Gasteiger partial charge in [0.25, 0.3) is 0 Å². The molecule has 0 saturated heterocycles. The molecule has 6 heteroatoms. The van der Waals surface area contributed by atoms with Gasteiger partial charge in [0.05, 0.1) is 24.9 Å². The van der Waals surface area contributed by atoms with Gasteiger partial charge >= 0.3 is 5.97 Å². The van der Waals surface area contributed by atoms with Crippen LogP contribution in [0.25, 0.3) is 0 Å². The lowest BCUT2D eigenvalue weighted by atomic mass is 9.46. The molecule has 26 heavy (non-hydrogen) atoms. The smallest absolute Gasteiger partial charge is 0.333 e. The van der Waals surface area contributed by atoms with Gasteiger partial charge in [0.15, 0.2) is 0 Å². The molecule has 5 N–H and O–H groups in total. The Balaban J connectivity index is 2.35. The van der Waals surface area contributed by atoms with E-state index in [1.807, 2.05) is 6.92 Å². The summed E-state index contributed by atoms with van der Waals surface area (Å²) in [6.45, 7) is 7.54. The highest BCUT2D eigenvalue weighted by atomic mass is 16.4. The van der Waals surface area contributed by atoms with Crippen LogP contribution in [0.4, 0.5) is 0 Å². The zero-order valence-corrected chi connectivity index (χ0v) is 15.7. The Hall–Kier alpha value is -1.21. The van der Waals surface area contributed by atoms with Crippen LogP contribution in [0.1, 0.15) is 46.0 Å². The molecule has 148 valence electrons. The molecule has 0 spiro atoms. The maximum atomic E-state index is 11.4. The van der Waals surface area contributed by atoms with E-state index in [2.05, 4.69) is 13.5 Å². The highest BCUT2D eigenvalue weighted by molar-refractivity contribution is 5.87. The van der Waals surface area contributed by atoms with Gasteiger partial charge in [-0.15, -0.1) is 0 Å². The minimum absolute atomic E-state index is 0.000122. The summed E-state index contributed by atoms with van der Waals surface area (Å²) in [6, 6.07) is 0. The van der Waals surface area contributed by atoms with Crippen molar-refractivity contribution in [2.24, 2.45) is 22.7 Å². The molecular weight excluding hydrogens is 336 g/mol. The van der Waals surface area contributed by atoms with Gasteiger partial charge in [-0.25, -0.2) is 4.79 Å². The Kier molecular flexibility index (Phi) is 6.33. The summed E-state index contributed by atoms with van der Waals surface area (Å²) in [4.78, 5) is 11.4. The lowest BCUT2D eigenvalue weighted by Crippen LogP contribution is -2.57. The first-order valence-electron chi connectivity index (χ1n) is 9.30. The van der Waals surface area contributed by atoms with Crippen LogP contribution in [-0.4, -0.2) is 56.9 Å². The molecule has 2 fully saturated rings. The van der Waals surface area contributed by atoms with Crippen molar-refractivity contribution < 1.29 is 30.3 Å². The van der Waals surface area contributed by atoms with Gasteiger partial charge in [0, 0.05) is 5.41 Å². The zero-order valence-electron chi connectivity index (χ0n) is 15.7. The number of fused-ring (bicyclic) bond motifs is 1. The van der Waals surface area contributed by atoms with E-state index in [9.17, 15) is 25.2 Å². The number of allylic oxidation sites excluding steroid dienone is 2. The summed E-state index contributed by atoms with van der Waals surface area (Å²) in [5.41, 5.74) is 0.0402. The Morgan fingerprint density at radius 2 is 2.00 bits per heavy atom. The van der Waals surface area contributed by atoms with E-state index < -0.39 is 30.2 Å². The van der Waals surface area contributed by atoms with Crippen LogP contribution in [0.3, 0.4) is 0 Å². The van der Waals surface area contributed by atoms with Gasteiger partial charge < -0.3 is 25.5 Å². The van der Waals surface area contributed by atoms with E-state index in [0.717, 1.165) is 24.8 Å². The number of hydrogen-bond acceptors (Lipinski definition) is 5. The average molecular weight is 368 g/mol. The summed E-state index contributed by atoms with van der Waals surface area (Å²) in [5, 5.41) is 48.6. The lowest BCUT2D eigenvalue weighted by Gasteiger charge is -2.59. The van der Waals surface area contributed by atoms with Crippen molar-refractivity contribution in [1.29, 1.82) is 0 Å². The molecule has 0 amide bonds. The quantitative estimate of drug-likeness (QED) is 0.358. The summed E-state index contributed by atoms with van der Waals surface area (Å²) < 4.78 is 0. The normalized spacial score (nSPS) is 39.4. The summed E-state index contributed by atoms with van der Waals surface area (Å²) in [5.74, 6) is -1.14. The van der Waals surface area contributed by atoms with E-state index in [0.29, 0.717) is 12.8 Å². The maximum absolute atomic E-state index is 11.4. The van der Waals surface area contributed by atoms with Crippen molar-refractivity contribution >= 4 is 5.97 Å². The van der Waals surface area contributed by atoms with Crippen LogP contribution in [0.15, 0.2) is 23.8 Å². The molecule has 0 unspecified atom stereocenters. The number of carboxylic acid groups (broad SMARTS) is 1. The standard InChI is InChI=1S/C20H32O6/c1-12-4-7-16-19(2,9-8-17(24)20(16,3)11-22)14(12)6-5-13(18(25)26)15(23)10-21/h5,14-17,21-24H,1,4,6-11H2,2-3H3,(H,25,26)/b13-5+/t14-,15+,16+,17-,19+,20+/m1/s1. The minimum Gasteiger partial charge on any atom is -0.478 e. The van der Waals surface area contributed by atoms with Crippen molar-refractivity contribution in [3.8, 4) is 0 Å². The number of aliphatic carboxylic acids is 1. The molecule has 0 heterocycles. The molecule has 0 aromatic carbocycles. The fourth-order valence-electron chi connectivity index (χ4n) is 5.34. The Labute approximate surface area is 154 Å². The molecule has 0 bridgehead atoms. The molecule has 2 aliphatic carbocycles. The first-order chi connectivity index (χ1) is 12.1. The van der Waals surface area contributed by atoms with E-state index in [1.54, 1.807) is 0 Å². The largest absolute Gasteiger partial charge is 0.478 e. The number of aliphatic hydroxyl groups is 4. The lowest BCUT2D eigenvalue weighted by molar-refractivity contribution is -0.151. The zero-order chi connectivity index (χ0) is 19.7. The van der Waals surface area contributed by atoms with E-state index in [1.165, 1.54) is 6.08 Å². The van der Waals surface area contributed by atoms with Gasteiger partial charge in [0.2, 0.25) is 0 Å². The van der Waals surface area contributed by atoms with Gasteiger partial charge in [-0.1, -0.05) is 32.1 Å². The molecule has 0 aromatic heterocycles. The van der Waals surface area contributed by atoms with Gasteiger partial charge in [0.1, 0.15) is 6.10 Å². The second-order valence-electron chi connectivity index (χ2n) is 8.43. The average Bonchev–Trinajstić information content (AvgIpc) is 2.60. The molecule has 0 aromatic rings. The van der Waals surface area contributed by atoms with Crippen LogP contribution in [0.5, 0.6) is 0 Å². The summed E-state index contributed by atoms with van der Waals surface area (Å²) >= 11 is 0. The molecule has 2 rings (SSSR count). The number of aliphatic hydroxyl groups excluding tert-OH is 4. The highest BCUT2D eigenvalue weighted by Gasteiger charge is 2.57. The molecule has 6 atom stereocenters. The van der Waals surface area contributed by atoms with Crippen molar-refractivity contribution in [3.63, 3.8) is 0 Å². The molecular formula is C20H32O6. The highest BCUT2D eigenvalue weighted by Crippen LogP contribution is 2.61. The van der Waals surface area contributed by atoms with Gasteiger partial charge in [-0.3, -0.25) is 0 Å². The van der Waals surface area contributed by atoms with Gasteiger partial charge in [-0.2, -0.15) is 0 Å². The fraction of sp³-hybridized carbons (Fsp3) is 0.750. The first-order valence-corrected chi connectivity index (χ1v) is 9.30. The predicted molar refractivity (Wildman–Crippen MR) is 97.3 cm³/mol. The van der Waals surface area contributed by atoms with Crippen molar-refractivity contribution in [1.82, 2.24) is 0 Å². The minimum atomic E-state index is -1.41. The number of rotatable bonds is 6. The monoisotopic (exact) mass is 368 g/mol. The molecule has 2 aliphatic rings. The Morgan fingerprint density at radius 3 is 2.54 bits per heavy atom. The topological polar surface area (TPSA) is 118 Å².